The van der Waals surface area contributed by atoms with Crippen molar-refractivity contribution in [3.8, 4) is 11.1 Å². The highest BCUT2D eigenvalue weighted by Crippen LogP contribution is 2.23. The predicted octanol–water partition coefficient (Wildman–Crippen LogP) is 3.77. The van der Waals surface area contributed by atoms with Crippen LogP contribution in [0.15, 0.2) is 42.5 Å². The van der Waals surface area contributed by atoms with E-state index >= 15 is 0 Å². The Bertz CT molecular complexity index is 472. The molecule has 0 heterocycles. The van der Waals surface area contributed by atoms with Crippen LogP contribution >= 0.6 is 0 Å². The van der Waals surface area contributed by atoms with Gasteiger partial charge in [0.05, 0.1) is 0 Å². The van der Waals surface area contributed by atoms with Gasteiger partial charge in [-0.25, -0.2) is 13.2 Å². The van der Waals surface area contributed by atoms with E-state index in [2.05, 4.69) is 0 Å². The zero-order valence-corrected chi connectivity index (χ0v) is 7.68. The van der Waals surface area contributed by atoms with E-state index in [1.54, 1.807) is 6.07 Å². The van der Waals surface area contributed by atoms with Gasteiger partial charge in [-0.05, 0) is 23.8 Å². The van der Waals surface area contributed by atoms with Crippen molar-refractivity contribution >= 4 is 0 Å². The molecule has 2 rings (SSSR count). The molecule has 3 heteroatoms. The molecular formula is C12H7F3. The molecule has 0 nitrogen and oxygen atoms in total. The van der Waals surface area contributed by atoms with Gasteiger partial charge in [0.15, 0.2) is 0 Å². The SMILES string of the molecule is Fc1cc(F)cc(-c2ccccc2F)c1. The second-order valence-electron chi connectivity index (χ2n) is 3.14. The van der Waals surface area contributed by atoms with Crippen LogP contribution in [0.1, 0.15) is 0 Å². The molecule has 0 bridgehead atoms. The largest absolute Gasteiger partial charge is 0.207 e. The fourth-order valence-electron chi connectivity index (χ4n) is 1.40. The number of hydrogen-bond acceptors (Lipinski definition) is 0. The van der Waals surface area contributed by atoms with E-state index in [-0.39, 0.29) is 11.1 Å². The molecule has 0 aliphatic rings. The second kappa shape index (κ2) is 3.77. The van der Waals surface area contributed by atoms with E-state index in [1.165, 1.54) is 18.2 Å². The summed E-state index contributed by atoms with van der Waals surface area (Å²) in [6.45, 7) is 0. The normalized spacial score (nSPS) is 10.3. The summed E-state index contributed by atoms with van der Waals surface area (Å²) in [7, 11) is 0. The van der Waals surface area contributed by atoms with Gasteiger partial charge in [-0.3, -0.25) is 0 Å². The van der Waals surface area contributed by atoms with E-state index in [9.17, 15) is 13.2 Å². The zero-order valence-electron chi connectivity index (χ0n) is 7.68. The first-order chi connectivity index (χ1) is 7.16. The van der Waals surface area contributed by atoms with Gasteiger partial charge in [0, 0.05) is 11.6 Å². The fraction of sp³-hybridized carbons (Fsp3) is 0. The molecule has 0 unspecified atom stereocenters. The number of halogens is 3. The lowest BCUT2D eigenvalue weighted by atomic mass is 10.1. The van der Waals surface area contributed by atoms with Gasteiger partial charge in [0.25, 0.3) is 0 Å². The number of benzene rings is 2. The summed E-state index contributed by atoms with van der Waals surface area (Å²) in [6, 6.07) is 8.81. The van der Waals surface area contributed by atoms with Crippen molar-refractivity contribution in [2.24, 2.45) is 0 Å². The lowest BCUT2D eigenvalue weighted by molar-refractivity contribution is 0.583. The van der Waals surface area contributed by atoms with Gasteiger partial charge in [-0.1, -0.05) is 18.2 Å². The van der Waals surface area contributed by atoms with Crippen LogP contribution in [0, 0.1) is 17.5 Å². The average Bonchev–Trinajstić information content (AvgIpc) is 2.16. The maximum Gasteiger partial charge on any atom is 0.131 e. The van der Waals surface area contributed by atoms with E-state index in [4.69, 9.17) is 0 Å². The average molecular weight is 208 g/mol. The molecule has 0 radical (unpaired) electrons. The summed E-state index contributed by atoms with van der Waals surface area (Å²) in [5.74, 6) is -1.93. The van der Waals surface area contributed by atoms with Crippen molar-refractivity contribution in [3.05, 3.63) is 59.9 Å². The van der Waals surface area contributed by atoms with Crippen LogP contribution in [0.4, 0.5) is 13.2 Å². The smallest absolute Gasteiger partial charge is 0.131 e. The van der Waals surface area contributed by atoms with Crippen molar-refractivity contribution in [1.29, 1.82) is 0 Å². The molecule has 0 aliphatic heterocycles. The van der Waals surface area contributed by atoms with Gasteiger partial charge in [0.2, 0.25) is 0 Å². The molecule has 0 atom stereocenters. The molecule has 0 spiro atoms. The first-order valence-electron chi connectivity index (χ1n) is 4.38. The van der Waals surface area contributed by atoms with Gasteiger partial charge in [0.1, 0.15) is 17.5 Å². The Kier molecular flexibility index (Phi) is 2.46. The van der Waals surface area contributed by atoms with Crippen molar-refractivity contribution in [2.45, 2.75) is 0 Å². The highest BCUT2D eigenvalue weighted by molar-refractivity contribution is 5.64. The molecular weight excluding hydrogens is 201 g/mol. The van der Waals surface area contributed by atoms with Gasteiger partial charge < -0.3 is 0 Å². The summed E-state index contributed by atoms with van der Waals surface area (Å²) in [6.07, 6.45) is 0. The van der Waals surface area contributed by atoms with E-state index in [1.807, 2.05) is 0 Å². The summed E-state index contributed by atoms with van der Waals surface area (Å²) in [5, 5.41) is 0. The molecule has 0 fully saturated rings. The van der Waals surface area contributed by atoms with Crippen molar-refractivity contribution in [3.63, 3.8) is 0 Å². The van der Waals surface area contributed by atoms with Crippen LogP contribution in [0.5, 0.6) is 0 Å². The number of rotatable bonds is 1. The topological polar surface area (TPSA) is 0 Å². The first kappa shape index (κ1) is 9.77. The van der Waals surface area contributed by atoms with Crippen LogP contribution in [0.3, 0.4) is 0 Å². The van der Waals surface area contributed by atoms with Crippen LogP contribution in [-0.4, -0.2) is 0 Å². The van der Waals surface area contributed by atoms with E-state index < -0.39 is 17.5 Å². The molecule has 0 saturated carbocycles. The Morgan fingerprint density at radius 3 is 1.93 bits per heavy atom. The standard InChI is InChI=1S/C12H7F3/c13-9-5-8(6-10(14)7-9)11-3-1-2-4-12(11)15/h1-7H. The Morgan fingerprint density at radius 2 is 1.33 bits per heavy atom. The highest BCUT2D eigenvalue weighted by Gasteiger charge is 2.06. The van der Waals surface area contributed by atoms with Crippen molar-refractivity contribution in [2.75, 3.05) is 0 Å². The third-order valence-electron chi connectivity index (χ3n) is 2.05. The van der Waals surface area contributed by atoms with Crippen LogP contribution in [0.25, 0.3) is 11.1 Å². The van der Waals surface area contributed by atoms with Gasteiger partial charge in [-0.2, -0.15) is 0 Å². The minimum Gasteiger partial charge on any atom is -0.207 e. The molecule has 0 saturated heterocycles. The molecule has 0 amide bonds. The summed E-state index contributed by atoms with van der Waals surface area (Å²) in [5.41, 5.74) is 0.390. The van der Waals surface area contributed by atoms with Crippen LogP contribution in [0.2, 0.25) is 0 Å². The maximum atomic E-state index is 13.3. The van der Waals surface area contributed by atoms with Gasteiger partial charge >= 0.3 is 0 Å². The lowest BCUT2D eigenvalue weighted by Crippen LogP contribution is -1.87. The van der Waals surface area contributed by atoms with Crippen molar-refractivity contribution in [1.82, 2.24) is 0 Å². The summed E-state index contributed by atoms with van der Waals surface area (Å²) >= 11 is 0. The maximum absolute atomic E-state index is 13.3. The fourth-order valence-corrected chi connectivity index (χ4v) is 1.40. The van der Waals surface area contributed by atoms with Crippen LogP contribution < -0.4 is 0 Å². The Hall–Kier alpha value is -1.77. The highest BCUT2D eigenvalue weighted by atomic mass is 19.1. The molecule has 76 valence electrons. The number of hydrogen-bond donors (Lipinski definition) is 0. The predicted molar refractivity (Wildman–Crippen MR) is 51.8 cm³/mol. The van der Waals surface area contributed by atoms with Crippen molar-refractivity contribution < 1.29 is 13.2 Å². The molecule has 15 heavy (non-hydrogen) atoms. The molecule has 0 aliphatic carbocycles. The lowest BCUT2D eigenvalue weighted by Gasteiger charge is -2.03. The molecule has 2 aromatic carbocycles. The quantitative estimate of drug-likeness (QED) is 0.669. The van der Waals surface area contributed by atoms with Gasteiger partial charge in [-0.15, -0.1) is 0 Å². The monoisotopic (exact) mass is 208 g/mol. The molecule has 0 aromatic heterocycles. The zero-order chi connectivity index (χ0) is 10.8. The Balaban J connectivity index is 2.59. The summed E-state index contributed by atoms with van der Waals surface area (Å²) in [4.78, 5) is 0. The molecule has 2 aromatic rings. The Labute approximate surface area is 85.0 Å². The second-order valence-corrected chi connectivity index (χ2v) is 3.14. The first-order valence-corrected chi connectivity index (χ1v) is 4.38. The third-order valence-corrected chi connectivity index (χ3v) is 2.05. The van der Waals surface area contributed by atoms with E-state index in [0.29, 0.717) is 0 Å². The van der Waals surface area contributed by atoms with E-state index in [0.717, 1.165) is 18.2 Å². The minimum absolute atomic E-state index is 0.191. The minimum atomic E-state index is -0.715. The molecule has 0 N–H and O–H groups in total. The van der Waals surface area contributed by atoms with Crippen LogP contribution in [-0.2, 0) is 0 Å². The third kappa shape index (κ3) is 2.01. The summed E-state index contributed by atoms with van der Waals surface area (Å²) < 4.78 is 39.1. The Morgan fingerprint density at radius 1 is 0.733 bits per heavy atom.